The van der Waals surface area contributed by atoms with Gasteiger partial charge in [0.05, 0.1) is 23.9 Å². The van der Waals surface area contributed by atoms with Crippen molar-refractivity contribution in [3.63, 3.8) is 0 Å². The lowest BCUT2D eigenvalue weighted by atomic mass is 9.97. The lowest BCUT2D eigenvalue weighted by Crippen LogP contribution is -2.32. The van der Waals surface area contributed by atoms with Crippen LogP contribution < -0.4 is 4.74 Å². The van der Waals surface area contributed by atoms with Gasteiger partial charge in [0.1, 0.15) is 23.4 Å². The summed E-state index contributed by atoms with van der Waals surface area (Å²) in [7, 11) is 1.47. The normalized spacial score (nSPS) is 17.4. The molecule has 4 rings (SSSR count). The number of hydrogen-bond acceptors (Lipinski definition) is 5. The molecule has 2 aromatic carbocycles. The monoisotopic (exact) mass is 446 g/mol. The fraction of sp³-hybridized carbons (Fsp3) is 0.192. The van der Waals surface area contributed by atoms with Gasteiger partial charge in [-0.25, -0.2) is 4.39 Å². The van der Waals surface area contributed by atoms with Gasteiger partial charge in [0, 0.05) is 12.7 Å². The van der Waals surface area contributed by atoms with Crippen molar-refractivity contribution >= 4 is 17.4 Å². The van der Waals surface area contributed by atoms with Gasteiger partial charge in [-0.05, 0) is 55.3 Å². The topological polar surface area (TPSA) is 79.7 Å². The minimum Gasteiger partial charge on any atom is -0.507 e. The average Bonchev–Trinajstić information content (AvgIpc) is 3.08. The molecule has 0 radical (unpaired) electrons. The van der Waals surface area contributed by atoms with Crippen molar-refractivity contribution in [2.24, 2.45) is 0 Å². The molecule has 7 heteroatoms. The maximum Gasteiger partial charge on any atom is 0.295 e. The summed E-state index contributed by atoms with van der Waals surface area (Å²) in [4.78, 5) is 31.9. The van der Waals surface area contributed by atoms with E-state index in [0.717, 1.165) is 11.1 Å². The number of ketones is 1. The molecule has 1 unspecified atom stereocenters. The predicted molar refractivity (Wildman–Crippen MR) is 121 cm³/mol. The van der Waals surface area contributed by atoms with E-state index < -0.39 is 17.7 Å². The molecule has 1 N–H and O–H groups in total. The average molecular weight is 446 g/mol. The van der Waals surface area contributed by atoms with Gasteiger partial charge in [0.15, 0.2) is 0 Å². The van der Waals surface area contributed by atoms with Crippen LogP contribution in [0.2, 0.25) is 0 Å². The second-order valence-electron chi connectivity index (χ2n) is 7.83. The SMILES string of the molecule is COc1ccc(C)cc1/C(O)=C1\C(=O)C(=O)N(CCc2ccc(F)cc2)C1c1ccccn1. The van der Waals surface area contributed by atoms with Crippen molar-refractivity contribution in [1.29, 1.82) is 0 Å². The van der Waals surface area contributed by atoms with E-state index in [4.69, 9.17) is 4.74 Å². The quantitative estimate of drug-likeness (QED) is 0.349. The zero-order valence-electron chi connectivity index (χ0n) is 18.3. The molecule has 1 aromatic heterocycles. The number of aliphatic hydroxyl groups is 1. The zero-order valence-corrected chi connectivity index (χ0v) is 18.3. The van der Waals surface area contributed by atoms with Gasteiger partial charge in [-0.3, -0.25) is 14.6 Å². The van der Waals surface area contributed by atoms with Crippen LogP contribution in [0.4, 0.5) is 4.39 Å². The number of rotatable bonds is 6. The number of methoxy groups -OCH3 is 1. The highest BCUT2D eigenvalue weighted by molar-refractivity contribution is 6.46. The van der Waals surface area contributed by atoms with Crippen molar-refractivity contribution in [2.45, 2.75) is 19.4 Å². The van der Waals surface area contributed by atoms with Crippen molar-refractivity contribution in [3.05, 3.63) is 101 Å². The van der Waals surface area contributed by atoms with Gasteiger partial charge < -0.3 is 14.7 Å². The second kappa shape index (κ2) is 9.24. The molecule has 1 fully saturated rings. The fourth-order valence-electron chi connectivity index (χ4n) is 4.01. The summed E-state index contributed by atoms with van der Waals surface area (Å²) in [6, 6.07) is 15.5. The molecule has 1 amide bonds. The zero-order chi connectivity index (χ0) is 23.5. The van der Waals surface area contributed by atoms with Crippen molar-refractivity contribution in [1.82, 2.24) is 9.88 Å². The summed E-state index contributed by atoms with van der Waals surface area (Å²) in [5.74, 6) is -1.78. The molecule has 2 heterocycles. The van der Waals surface area contributed by atoms with E-state index in [-0.39, 0.29) is 23.7 Å². The number of pyridine rings is 1. The first-order valence-corrected chi connectivity index (χ1v) is 10.5. The largest absolute Gasteiger partial charge is 0.507 e. The molecule has 168 valence electrons. The van der Waals surface area contributed by atoms with Gasteiger partial charge >= 0.3 is 0 Å². The van der Waals surface area contributed by atoms with E-state index in [0.29, 0.717) is 23.4 Å². The third-order valence-corrected chi connectivity index (χ3v) is 5.67. The molecule has 33 heavy (non-hydrogen) atoms. The predicted octanol–water partition coefficient (Wildman–Crippen LogP) is 4.20. The lowest BCUT2D eigenvalue weighted by Gasteiger charge is -2.24. The highest BCUT2D eigenvalue weighted by Crippen LogP contribution is 2.40. The summed E-state index contributed by atoms with van der Waals surface area (Å²) in [5.41, 5.74) is 2.43. The van der Waals surface area contributed by atoms with Crippen LogP contribution in [0.5, 0.6) is 5.75 Å². The van der Waals surface area contributed by atoms with Crippen LogP contribution in [0.15, 0.2) is 72.4 Å². The summed E-state index contributed by atoms with van der Waals surface area (Å²) in [5, 5.41) is 11.2. The highest BCUT2D eigenvalue weighted by atomic mass is 19.1. The van der Waals surface area contributed by atoms with Crippen LogP contribution in [0.3, 0.4) is 0 Å². The molecule has 1 atom stereocenters. The minimum absolute atomic E-state index is 0.0401. The van der Waals surface area contributed by atoms with Crippen LogP contribution in [-0.2, 0) is 16.0 Å². The number of likely N-dealkylation sites (tertiary alicyclic amines) is 1. The Kier molecular flexibility index (Phi) is 6.22. The number of ether oxygens (including phenoxy) is 1. The number of halogens is 1. The molecule has 1 saturated heterocycles. The summed E-state index contributed by atoms with van der Waals surface area (Å²) >= 11 is 0. The third kappa shape index (κ3) is 4.35. The maximum atomic E-state index is 13.3. The standard InChI is InChI=1S/C26H23FN2O4/c1-16-6-11-21(33-2)19(15-16)24(30)22-23(20-5-3-4-13-28-20)29(26(32)25(22)31)14-12-17-7-9-18(27)10-8-17/h3-11,13,15,23,30H,12,14H2,1-2H3/b24-22+. The second-order valence-corrected chi connectivity index (χ2v) is 7.83. The molecule has 6 nitrogen and oxygen atoms in total. The first kappa shape index (κ1) is 22.2. The van der Waals surface area contributed by atoms with Crippen molar-refractivity contribution < 1.29 is 23.8 Å². The van der Waals surface area contributed by atoms with Crippen LogP contribution in [0.25, 0.3) is 5.76 Å². The Morgan fingerprint density at radius 1 is 1.12 bits per heavy atom. The molecule has 0 bridgehead atoms. The minimum atomic E-state index is -0.864. The number of carbonyl (C=O) groups excluding carboxylic acids is 2. The number of benzene rings is 2. The van der Waals surface area contributed by atoms with E-state index in [2.05, 4.69) is 4.98 Å². The molecular formula is C26H23FN2O4. The Morgan fingerprint density at radius 3 is 2.55 bits per heavy atom. The van der Waals surface area contributed by atoms with Crippen LogP contribution in [-0.4, -0.2) is 40.3 Å². The van der Waals surface area contributed by atoms with E-state index in [1.165, 1.54) is 24.1 Å². The fourth-order valence-corrected chi connectivity index (χ4v) is 4.01. The maximum absolute atomic E-state index is 13.3. The van der Waals surface area contributed by atoms with Crippen molar-refractivity contribution in [3.8, 4) is 5.75 Å². The lowest BCUT2D eigenvalue weighted by molar-refractivity contribution is -0.139. The molecule has 0 aliphatic carbocycles. The Hall–Kier alpha value is -4.00. The summed E-state index contributed by atoms with van der Waals surface area (Å²) < 4.78 is 18.6. The van der Waals surface area contributed by atoms with Gasteiger partial charge in [-0.15, -0.1) is 0 Å². The smallest absolute Gasteiger partial charge is 0.295 e. The molecule has 0 spiro atoms. The molecule has 0 saturated carbocycles. The Morgan fingerprint density at radius 2 is 1.88 bits per heavy atom. The number of amides is 1. The van der Waals surface area contributed by atoms with Crippen LogP contribution in [0, 0.1) is 12.7 Å². The van der Waals surface area contributed by atoms with Crippen LogP contribution in [0.1, 0.15) is 28.4 Å². The Balaban J connectivity index is 1.80. The third-order valence-electron chi connectivity index (χ3n) is 5.67. The number of Topliss-reactive ketones (excluding diaryl/α,β-unsaturated/α-hetero) is 1. The van der Waals surface area contributed by atoms with Gasteiger partial charge in [-0.2, -0.15) is 0 Å². The van der Waals surface area contributed by atoms with Gasteiger partial charge in [-0.1, -0.05) is 29.8 Å². The number of hydrogen-bond donors (Lipinski definition) is 1. The number of nitrogens with zero attached hydrogens (tertiary/aromatic N) is 2. The Bertz CT molecular complexity index is 1220. The van der Waals surface area contributed by atoms with E-state index in [9.17, 15) is 19.1 Å². The van der Waals surface area contributed by atoms with Gasteiger partial charge in [0.2, 0.25) is 0 Å². The highest BCUT2D eigenvalue weighted by Gasteiger charge is 2.46. The Labute approximate surface area is 191 Å². The molecular weight excluding hydrogens is 423 g/mol. The van der Waals surface area contributed by atoms with E-state index in [1.807, 2.05) is 13.0 Å². The number of aromatic nitrogens is 1. The van der Waals surface area contributed by atoms with E-state index >= 15 is 0 Å². The number of carbonyl (C=O) groups is 2. The number of aryl methyl sites for hydroxylation is 1. The summed E-state index contributed by atoms with van der Waals surface area (Å²) in [6.45, 7) is 2.05. The molecule has 1 aliphatic heterocycles. The summed E-state index contributed by atoms with van der Waals surface area (Å²) in [6.07, 6.45) is 1.98. The number of aliphatic hydroxyl groups excluding tert-OH is 1. The first-order chi connectivity index (χ1) is 15.9. The molecule has 1 aliphatic rings. The first-order valence-electron chi connectivity index (χ1n) is 10.5. The molecule has 3 aromatic rings. The van der Waals surface area contributed by atoms with Crippen molar-refractivity contribution in [2.75, 3.05) is 13.7 Å². The van der Waals surface area contributed by atoms with E-state index in [1.54, 1.807) is 48.7 Å². The van der Waals surface area contributed by atoms with Gasteiger partial charge in [0.25, 0.3) is 11.7 Å². The van der Waals surface area contributed by atoms with Crippen LogP contribution >= 0.6 is 0 Å².